The number of nitrogens with one attached hydrogen (secondary N) is 1. The van der Waals surface area contributed by atoms with Crippen LogP contribution < -0.4 is 10.1 Å². The number of benzene rings is 1. The summed E-state index contributed by atoms with van der Waals surface area (Å²) in [5.74, 6) is -0.602. The minimum absolute atomic E-state index is 0.0911. The van der Waals surface area contributed by atoms with Crippen molar-refractivity contribution in [2.75, 3.05) is 13.2 Å². The van der Waals surface area contributed by atoms with Gasteiger partial charge < -0.3 is 15.2 Å². The predicted molar refractivity (Wildman–Crippen MR) is 80.5 cm³/mol. The Hall–Kier alpha value is -2.04. The van der Waals surface area contributed by atoms with Crippen LogP contribution in [-0.4, -0.2) is 30.1 Å². The monoisotopic (exact) mass is 293 g/mol. The highest BCUT2D eigenvalue weighted by Gasteiger charge is 2.31. The number of carbonyl (C=O) groups excluding carboxylic acids is 1. The quantitative estimate of drug-likeness (QED) is 0.809. The van der Waals surface area contributed by atoms with Gasteiger partial charge in [-0.05, 0) is 50.5 Å². The molecular weight excluding hydrogens is 270 g/mol. The molecule has 1 unspecified atom stereocenters. The van der Waals surface area contributed by atoms with E-state index in [0.717, 1.165) is 11.1 Å². The zero-order valence-electron chi connectivity index (χ0n) is 13.0. The summed E-state index contributed by atoms with van der Waals surface area (Å²) in [5, 5.41) is 11.7. The molecule has 0 spiro atoms. The number of carbonyl (C=O) groups is 2. The van der Waals surface area contributed by atoms with Crippen LogP contribution in [0, 0.1) is 19.3 Å². The molecule has 0 saturated heterocycles. The fourth-order valence-electron chi connectivity index (χ4n) is 1.86. The first-order chi connectivity index (χ1) is 9.76. The maximum Gasteiger partial charge on any atom is 0.311 e. The first-order valence-electron chi connectivity index (χ1n) is 6.98. The number of aryl methyl sites for hydroxylation is 2. The minimum Gasteiger partial charge on any atom is -0.484 e. The lowest BCUT2D eigenvalue weighted by atomic mass is 9.88. The van der Waals surface area contributed by atoms with E-state index < -0.39 is 11.4 Å². The second kappa shape index (κ2) is 7.11. The van der Waals surface area contributed by atoms with Gasteiger partial charge in [-0.25, -0.2) is 0 Å². The Balaban J connectivity index is 2.49. The molecule has 0 aromatic heterocycles. The van der Waals surface area contributed by atoms with Crippen molar-refractivity contribution >= 4 is 11.9 Å². The molecule has 5 nitrogen and oxygen atoms in total. The molecule has 1 rings (SSSR count). The predicted octanol–water partition coefficient (Wildman–Crippen LogP) is 2.30. The van der Waals surface area contributed by atoms with Crippen LogP contribution in [0.15, 0.2) is 18.2 Å². The van der Waals surface area contributed by atoms with Crippen molar-refractivity contribution in [3.63, 3.8) is 0 Å². The van der Waals surface area contributed by atoms with Gasteiger partial charge in [0.1, 0.15) is 5.75 Å². The molecular formula is C16H23NO4. The van der Waals surface area contributed by atoms with E-state index in [1.807, 2.05) is 32.0 Å². The van der Waals surface area contributed by atoms with Crippen molar-refractivity contribution in [2.45, 2.75) is 34.1 Å². The summed E-state index contributed by atoms with van der Waals surface area (Å²) < 4.78 is 5.43. The largest absolute Gasteiger partial charge is 0.484 e. The van der Waals surface area contributed by atoms with Crippen LogP contribution in [0.2, 0.25) is 0 Å². The van der Waals surface area contributed by atoms with E-state index in [0.29, 0.717) is 12.2 Å². The maximum absolute atomic E-state index is 11.7. The van der Waals surface area contributed by atoms with E-state index in [1.165, 1.54) is 0 Å². The maximum atomic E-state index is 11.7. The minimum atomic E-state index is -0.949. The molecule has 2 N–H and O–H groups in total. The molecule has 21 heavy (non-hydrogen) atoms. The third kappa shape index (κ3) is 5.10. The van der Waals surface area contributed by atoms with E-state index in [1.54, 1.807) is 13.8 Å². The van der Waals surface area contributed by atoms with Crippen LogP contribution in [0.25, 0.3) is 0 Å². The van der Waals surface area contributed by atoms with Crippen LogP contribution in [0.4, 0.5) is 0 Å². The Morgan fingerprint density at radius 3 is 2.29 bits per heavy atom. The van der Waals surface area contributed by atoms with Gasteiger partial charge in [0.2, 0.25) is 0 Å². The number of hydrogen-bond acceptors (Lipinski definition) is 3. The first-order valence-corrected chi connectivity index (χ1v) is 6.98. The number of ether oxygens (including phenoxy) is 1. The Bertz CT molecular complexity index is 507. The molecule has 1 aromatic carbocycles. The van der Waals surface area contributed by atoms with Gasteiger partial charge >= 0.3 is 5.97 Å². The SMILES string of the molecule is CCC(C)(CNC(=O)COc1cc(C)cc(C)c1)C(=O)O. The molecule has 5 heteroatoms. The second-order valence-electron chi connectivity index (χ2n) is 5.61. The van der Waals surface area contributed by atoms with Gasteiger partial charge in [0.25, 0.3) is 5.91 Å². The normalized spacial score (nSPS) is 13.3. The summed E-state index contributed by atoms with van der Waals surface area (Å²) in [4.78, 5) is 22.9. The van der Waals surface area contributed by atoms with E-state index in [4.69, 9.17) is 9.84 Å². The molecule has 1 amide bonds. The molecule has 0 aliphatic rings. The van der Waals surface area contributed by atoms with Crippen LogP contribution in [0.3, 0.4) is 0 Å². The van der Waals surface area contributed by atoms with Crippen molar-refractivity contribution in [1.82, 2.24) is 5.32 Å². The average molecular weight is 293 g/mol. The van der Waals surface area contributed by atoms with Crippen molar-refractivity contribution in [1.29, 1.82) is 0 Å². The summed E-state index contributed by atoms with van der Waals surface area (Å²) in [5.41, 5.74) is 1.18. The van der Waals surface area contributed by atoms with Crippen LogP contribution in [-0.2, 0) is 9.59 Å². The number of carboxylic acid groups (broad SMARTS) is 1. The third-order valence-electron chi connectivity index (χ3n) is 3.54. The van der Waals surface area contributed by atoms with Gasteiger partial charge in [0, 0.05) is 6.54 Å². The molecule has 1 aromatic rings. The Morgan fingerprint density at radius 2 is 1.81 bits per heavy atom. The van der Waals surface area contributed by atoms with Crippen molar-refractivity contribution in [3.05, 3.63) is 29.3 Å². The highest BCUT2D eigenvalue weighted by Crippen LogP contribution is 2.20. The summed E-state index contributed by atoms with van der Waals surface area (Å²) in [6.07, 6.45) is 0.445. The summed E-state index contributed by atoms with van der Waals surface area (Å²) in [6.45, 7) is 7.28. The fourth-order valence-corrected chi connectivity index (χ4v) is 1.86. The molecule has 0 bridgehead atoms. The molecule has 0 radical (unpaired) electrons. The van der Waals surface area contributed by atoms with Gasteiger partial charge in [-0.1, -0.05) is 13.0 Å². The van der Waals surface area contributed by atoms with E-state index >= 15 is 0 Å². The van der Waals surface area contributed by atoms with Gasteiger partial charge in [-0.2, -0.15) is 0 Å². The number of hydrogen-bond donors (Lipinski definition) is 2. The molecule has 0 aliphatic heterocycles. The lowest BCUT2D eigenvalue weighted by Crippen LogP contribution is -2.42. The topological polar surface area (TPSA) is 75.6 Å². The smallest absolute Gasteiger partial charge is 0.311 e. The van der Waals surface area contributed by atoms with Gasteiger partial charge in [0.05, 0.1) is 5.41 Å². The zero-order chi connectivity index (χ0) is 16.0. The first kappa shape index (κ1) is 17.0. The third-order valence-corrected chi connectivity index (χ3v) is 3.54. The van der Waals surface area contributed by atoms with Crippen molar-refractivity contribution in [3.8, 4) is 5.75 Å². The standard InChI is InChI=1S/C16H23NO4/c1-5-16(4,15(19)20)10-17-14(18)9-21-13-7-11(2)6-12(3)8-13/h6-8H,5,9-10H2,1-4H3,(H,17,18)(H,19,20). The molecule has 0 saturated carbocycles. The lowest BCUT2D eigenvalue weighted by Gasteiger charge is -2.23. The van der Waals surface area contributed by atoms with E-state index in [-0.39, 0.29) is 19.1 Å². The number of aliphatic carboxylic acids is 1. The zero-order valence-corrected chi connectivity index (χ0v) is 13.0. The Morgan fingerprint density at radius 1 is 1.24 bits per heavy atom. The van der Waals surface area contributed by atoms with Gasteiger partial charge in [0.15, 0.2) is 6.61 Å². The molecule has 1 atom stereocenters. The highest BCUT2D eigenvalue weighted by atomic mass is 16.5. The average Bonchev–Trinajstić information content (AvgIpc) is 2.41. The number of amides is 1. The Labute approximate surface area is 125 Å². The highest BCUT2D eigenvalue weighted by molar-refractivity contribution is 5.79. The molecule has 0 fully saturated rings. The van der Waals surface area contributed by atoms with Gasteiger partial charge in [-0.15, -0.1) is 0 Å². The van der Waals surface area contributed by atoms with Gasteiger partial charge in [-0.3, -0.25) is 9.59 Å². The van der Waals surface area contributed by atoms with Crippen molar-refractivity contribution in [2.24, 2.45) is 5.41 Å². The molecule has 116 valence electrons. The second-order valence-corrected chi connectivity index (χ2v) is 5.61. The number of rotatable bonds is 7. The lowest BCUT2D eigenvalue weighted by molar-refractivity contribution is -0.148. The summed E-state index contributed by atoms with van der Waals surface area (Å²) in [6, 6.07) is 5.73. The van der Waals surface area contributed by atoms with E-state index in [2.05, 4.69) is 5.32 Å². The van der Waals surface area contributed by atoms with Crippen LogP contribution >= 0.6 is 0 Å². The summed E-state index contributed by atoms with van der Waals surface area (Å²) >= 11 is 0. The molecule has 0 aliphatic carbocycles. The number of carboxylic acids is 1. The molecule has 0 heterocycles. The Kier molecular flexibility index (Phi) is 5.76. The summed E-state index contributed by atoms with van der Waals surface area (Å²) in [7, 11) is 0. The van der Waals surface area contributed by atoms with E-state index in [9.17, 15) is 9.59 Å². The van der Waals surface area contributed by atoms with Crippen LogP contribution in [0.5, 0.6) is 5.75 Å². The van der Waals surface area contributed by atoms with Crippen LogP contribution in [0.1, 0.15) is 31.4 Å². The fraction of sp³-hybridized carbons (Fsp3) is 0.500. The van der Waals surface area contributed by atoms with Crippen molar-refractivity contribution < 1.29 is 19.4 Å².